The maximum absolute atomic E-state index is 7.33. The highest BCUT2D eigenvalue weighted by Crippen LogP contribution is 2.67. The van der Waals surface area contributed by atoms with Gasteiger partial charge in [-0.15, -0.1) is 0 Å². The van der Waals surface area contributed by atoms with E-state index in [0.29, 0.717) is 22.9 Å². The summed E-state index contributed by atoms with van der Waals surface area (Å²) in [6.45, 7) is 10.5. The van der Waals surface area contributed by atoms with Crippen LogP contribution in [0.1, 0.15) is 91.4 Å². The first-order valence-corrected chi connectivity index (χ1v) is 12.1. The third-order valence-corrected chi connectivity index (χ3v) is 9.91. The minimum absolute atomic E-state index is 0.431. The van der Waals surface area contributed by atoms with Crippen LogP contribution in [0, 0.1) is 40.4 Å². The molecule has 0 radical (unpaired) electrons. The molecule has 0 saturated heterocycles. The molecule has 0 bridgehead atoms. The zero-order valence-corrected chi connectivity index (χ0v) is 18.7. The maximum Gasteiger partial charge on any atom is 0.0719 e. The standard InChI is InChI=1S/C23H42N2.C2H4O/c1-4-5-6-15-7-8-18-21-19(10-12-22(15,18)2)23(3)11-9-17(24)13-16(23)14-20(21)25;1-2-3/h15-21H,4-14,24-25H2,1-3H3;2-3H,1H2/t15-,16?,17+,18?,19?,20+,21-,22+,23-;/m0./s1. The Morgan fingerprint density at radius 3 is 2.32 bits per heavy atom. The van der Waals surface area contributed by atoms with Crippen LogP contribution in [0.4, 0.5) is 0 Å². The number of rotatable bonds is 3. The Labute approximate surface area is 173 Å². The summed E-state index contributed by atoms with van der Waals surface area (Å²) in [5.41, 5.74) is 14.4. The fourth-order valence-corrected chi connectivity index (χ4v) is 8.39. The summed E-state index contributed by atoms with van der Waals surface area (Å²) in [5.74, 6) is 4.32. The van der Waals surface area contributed by atoms with Crippen molar-refractivity contribution in [1.82, 2.24) is 0 Å². The molecule has 162 valence electrons. The molecule has 28 heavy (non-hydrogen) atoms. The molecular weight excluding hydrogens is 344 g/mol. The van der Waals surface area contributed by atoms with Crippen molar-refractivity contribution in [2.24, 2.45) is 51.9 Å². The molecule has 5 N–H and O–H groups in total. The smallest absolute Gasteiger partial charge is 0.0719 e. The molecule has 0 heterocycles. The first-order chi connectivity index (χ1) is 13.3. The van der Waals surface area contributed by atoms with Crippen molar-refractivity contribution < 1.29 is 5.11 Å². The van der Waals surface area contributed by atoms with Crippen LogP contribution >= 0.6 is 0 Å². The number of unbranched alkanes of at least 4 members (excludes halogenated alkanes) is 1. The largest absolute Gasteiger partial charge is 0.516 e. The predicted molar refractivity (Wildman–Crippen MR) is 119 cm³/mol. The Hall–Kier alpha value is -0.540. The van der Waals surface area contributed by atoms with Crippen LogP contribution < -0.4 is 11.5 Å². The van der Waals surface area contributed by atoms with E-state index in [9.17, 15) is 0 Å². The molecule has 4 aliphatic carbocycles. The molecular formula is C25H46N2O. The van der Waals surface area contributed by atoms with Crippen LogP contribution in [0.15, 0.2) is 12.8 Å². The SMILES string of the molecule is C=CO.CCCC[C@H]1CCC2[C@H]3C(CC[C@@]21C)[C@@]1(C)CC[C@@H](N)CC1C[C@H]3N. The molecule has 0 amide bonds. The van der Waals surface area contributed by atoms with Gasteiger partial charge in [-0.05, 0) is 98.2 Å². The predicted octanol–water partition coefficient (Wildman–Crippen LogP) is 5.79. The molecule has 4 fully saturated rings. The molecule has 9 atom stereocenters. The molecule has 0 aliphatic heterocycles. The van der Waals surface area contributed by atoms with Gasteiger partial charge < -0.3 is 16.6 Å². The van der Waals surface area contributed by atoms with Gasteiger partial charge in [-0.2, -0.15) is 0 Å². The first-order valence-electron chi connectivity index (χ1n) is 12.1. The third-order valence-electron chi connectivity index (χ3n) is 9.91. The Balaban J connectivity index is 0.000000706. The second-order valence-corrected chi connectivity index (χ2v) is 11.1. The molecule has 0 aromatic heterocycles. The monoisotopic (exact) mass is 390 g/mol. The van der Waals surface area contributed by atoms with E-state index in [4.69, 9.17) is 16.6 Å². The normalized spacial score (nSPS) is 49.8. The summed E-state index contributed by atoms with van der Waals surface area (Å²) in [6.07, 6.45) is 15.9. The second-order valence-electron chi connectivity index (χ2n) is 11.1. The van der Waals surface area contributed by atoms with Crippen LogP contribution in [-0.2, 0) is 0 Å². The van der Waals surface area contributed by atoms with E-state index in [0.717, 1.165) is 35.9 Å². The van der Waals surface area contributed by atoms with Gasteiger partial charge in [0.15, 0.2) is 0 Å². The fourth-order valence-electron chi connectivity index (χ4n) is 8.39. The number of hydrogen-bond donors (Lipinski definition) is 3. The highest BCUT2D eigenvalue weighted by Gasteiger charge is 2.61. The van der Waals surface area contributed by atoms with Crippen molar-refractivity contribution in [3.8, 4) is 0 Å². The summed E-state index contributed by atoms with van der Waals surface area (Å²) in [5, 5.41) is 7.33. The summed E-state index contributed by atoms with van der Waals surface area (Å²) in [6, 6.07) is 0.864. The van der Waals surface area contributed by atoms with E-state index < -0.39 is 0 Å². The van der Waals surface area contributed by atoms with Crippen LogP contribution in [0.5, 0.6) is 0 Å². The van der Waals surface area contributed by atoms with Gasteiger partial charge in [-0.3, -0.25) is 0 Å². The number of nitrogens with two attached hydrogens (primary N) is 2. The fraction of sp³-hybridized carbons (Fsp3) is 0.920. The lowest BCUT2D eigenvalue weighted by atomic mass is 9.43. The van der Waals surface area contributed by atoms with Crippen LogP contribution in [-0.4, -0.2) is 17.2 Å². The van der Waals surface area contributed by atoms with Crippen molar-refractivity contribution in [3.63, 3.8) is 0 Å². The second kappa shape index (κ2) is 8.68. The summed E-state index contributed by atoms with van der Waals surface area (Å²) >= 11 is 0. The molecule has 0 spiro atoms. The maximum atomic E-state index is 7.33. The summed E-state index contributed by atoms with van der Waals surface area (Å²) in [4.78, 5) is 0. The Bertz CT molecular complexity index is 537. The van der Waals surface area contributed by atoms with E-state index >= 15 is 0 Å². The lowest BCUT2D eigenvalue weighted by Crippen LogP contribution is -2.61. The van der Waals surface area contributed by atoms with Crippen LogP contribution in [0.2, 0.25) is 0 Å². The zero-order chi connectivity index (χ0) is 20.5. The lowest BCUT2D eigenvalue weighted by molar-refractivity contribution is -0.122. The van der Waals surface area contributed by atoms with Crippen LogP contribution in [0.3, 0.4) is 0 Å². The van der Waals surface area contributed by atoms with E-state index in [1.54, 1.807) is 0 Å². The minimum Gasteiger partial charge on any atom is -0.516 e. The number of fused-ring (bicyclic) bond motifs is 5. The van der Waals surface area contributed by atoms with Crippen molar-refractivity contribution in [2.45, 2.75) is 103 Å². The van der Waals surface area contributed by atoms with Gasteiger partial charge >= 0.3 is 0 Å². The average molecular weight is 391 g/mol. The Morgan fingerprint density at radius 1 is 1.00 bits per heavy atom. The van der Waals surface area contributed by atoms with Crippen molar-refractivity contribution in [2.75, 3.05) is 0 Å². The summed E-state index contributed by atoms with van der Waals surface area (Å²) in [7, 11) is 0. The molecule has 0 aromatic rings. The van der Waals surface area contributed by atoms with Crippen molar-refractivity contribution >= 4 is 0 Å². The first kappa shape index (κ1) is 22.2. The van der Waals surface area contributed by atoms with Gasteiger partial charge in [0, 0.05) is 12.1 Å². The average Bonchev–Trinajstić information content (AvgIpc) is 2.98. The molecule has 3 nitrogen and oxygen atoms in total. The number of aliphatic hydroxyl groups excluding tert-OH is 1. The molecule has 4 saturated carbocycles. The third kappa shape index (κ3) is 3.67. The van der Waals surface area contributed by atoms with Gasteiger partial charge in [0.1, 0.15) is 0 Å². The quantitative estimate of drug-likeness (QED) is 0.534. The minimum atomic E-state index is 0.431. The van der Waals surface area contributed by atoms with Gasteiger partial charge in [0.2, 0.25) is 0 Å². The van der Waals surface area contributed by atoms with Gasteiger partial charge in [-0.25, -0.2) is 0 Å². The Morgan fingerprint density at radius 2 is 1.64 bits per heavy atom. The van der Waals surface area contributed by atoms with Crippen molar-refractivity contribution in [3.05, 3.63) is 12.8 Å². The van der Waals surface area contributed by atoms with Gasteiger partial charge in [0.25, 0.3) is 0 Å². The topological polar surface area (TPSA) is 72.3 Å². The van der Waals surface area contributed by atoms with E-state index in [-0.39, 0.29) is 0 Å². The van der Waals surface area contributed by atoms with Crippen LogP contribution in [0.25, 0.3) is 0 Å². The molecule has 0 aromatic carbocycles. The van der Waals surface area contributed by atoms with Gasteiger partial charge in [0.05, 0.1) is 6.26 Å². The lowest BCUT2D eigenvalue weighted by Gasteiger charge is -2.62. The molecule has 3 unspecified atom stereocenters. The number of aliphatic hydroxyl groups is 1. The Kier molecular flexibility index (Phi) is 6.86. The highest BCUT2D eigenvalue weighted by molar-refractivity contribution is 5.12. The molecule has 4 rings (SSSR count). The summed E-state index contributed by atoms with van der Waals surface area (Å²) < 4.78 is 0. The molecule has 3 heteroatoms. The van der Waals surface area contributed by atoms with E-state index in [2.05, 4.69) is 27.4 Å². The molecule has 4 aliphatic rings. The van der Waals surface area contributed by atoms with E-state index in [1.807, 2.05) is 0 Å². The van der Waals surface area contributed by atoms with Crippen molar-refractivity contribution in [1.29, 1.82) is 0 Å². The zero-order valence-electron chi connectivity index (χ0n) is 18.7. The number of hydrogen-bond acceptors (Lipinski definition) is 3. The van der Waals surface area contributed by atoms with E-state index in [1.165, 1.54) is 70.6 Å². The highest BCUT2D eigenvalue weighted by atomic mass is 16.2. The van der Waals surface area contributed by atoms with Gasteiger partial charge in [-0.1, -0.05) is 40.2 Å².